The van der Waals surface area contributed by atoms with E-state index in [0.29, 0.717) is 24.5 Å². The van der Waals surface area contributed by atoms with Crippen LogP contribution in [-0.2, 0) is 16.1 Å². The SMILES string of the molecule is COc1cccc(Cl)c1CNCC1CCC(C(=O)O)O1. The molecule has 20 heavy (non-hydrogen) atoms. The van der Waals surface area contributed by atoms with Gasteiger partial charge < -0.3 is 19.9 Å². The van der Waals surface area contributed by atoms with Crippen molar-refractivity contribution < 1.29 is 19.4 Å². The molecule has 1 aliphatic heterocycles. The van der Waals surface area contributed by atoms with E-state index in [0.717, 1.165) is 17.7 Å². The van der Waals surface area contributed by atoms with Gasteiger partial charge in [0.05, 0.1) is 13.2 Å². The number of carboxylic acids is 1. The van der Waals surface area contributed by atoms with Gasteiger partial charge in [0.1, 0.15) is 5.75 Å². The topological polar surface area (TPSA) is 67.8 Å². The van der Waals surface area contributed by atoms with Gasteiger partial charge in [0.2, 0.25) is 0 Å². The normalized spacial score (nSPS) is 21.9. The largest absolute Gasteiger partial charge is 0.496 e. The molecule has 0 saturated carbocycles. The van der Waals surface area contributed by atoms with Crippen molar-refractivity contribution in [2.24, 2.45) is 0 Å². The third kappa shape index (κ3) is 3.62. The van der Waals surface area contributed by atoms with Gasteiger partial charge in [0, 0.05) is 23.7 Å². The highest BCUT2D eigenvalue weighted by Crippen LogP contribution is 2.26. The second kappa shape index (κ2) is 6.92. The first-order valence-corrected chi connectivity index (χ1v) is 6.90. The van der Waals surface area contributed by atoms with Crippen LogP contribution in [0, 0.1) is 0 Å². The minimum atomic E-state index is -0.889. The standard InChI is InChI=1S/C14H18ClNO4/c1-19-12-4-2-3-11(15)10(12)8-16-7-9-5-6-13(20-9)14(17)18/h2-4,9,13,16H,5-8H2,1H3,(H,17,18). The second-order valence-corrected chi connectivity index (χ2v) is 5.12. The molecule has 0 aliphatic carbocycles. The number of nitrogens with one attached hydrogen (secondary N) is 1. The van der Waals surface area contributed by atoms with Crippen LogP contribution in [0.3, 0.4) is 0 Å². The Bertz CT molecular complexity index is 480. The molecule has 1 aliphatic rings. The fourth-order valence-corrected chi connectivity index (χ4v) is 2.53. The minimum absolute atomic E-state index is 0.0652. The molecule has 1 saturated heterocycles. The quantitative estimate of drug-likeness (QED) is 0.842. The number of carbonyl (C=O) groups is 1. The first-order valence-electron chi connectivity index (χ1n) is 6.52. The molecule has 2 rings (SSSR count). The summed E-state index contributed by atoms with van der Waals surface area (Å²) in [7, 11) is 1.60. The number of ether oxygens (including phenoxy) is 2. The van der Waals surface area contributed by atoms with E-state index in [1.807, 2.05) is 18.2 Å². The Hall–Kier alpha value is -1.30. The Balaban J connectivity index is 1.84. The van der Waals surface area contributed by atoms with Crippen LogP contribution in [0.4, 0.5) is 0 Å². The van der Waals surface area contributed by atoms with E-state index in [1.165, 1.54) is 0 Å². The average Bonchev–Trinajstić information content (AvgIpc) is 2.89. The molecule has 5 nitrogen and oxygen atoms in total. The molecular weight excluding hydrogens is 282 g/mol. The number of hydrogen-bond donors (Lipinski definition) is 2. The van der Waals surface area contributed by atoms with Gasteiger partial charge in [-0.15, -0.1) is 0 Å². The van der Waals surface area contributed by atoms with Crippen LogP contribution in [0.25, 0.3) is 0 Å². The molecule has 0 aromatic heterocycles. The number of halogens is 1. The molecule has 6 heteroatoms. The fourth-order valence-electron chi connectivity index (χ4n) is 2.30. The maximum Gasteiger partial charge on any atom is 0.332 e. The summed E-state index contributed by atoms with van der Waals surface area (Å²) < 4.78 is 10.7. The monoisotopic (exact) mass is 299 g/mol. The molecule has 0 spiro atoms. The Morgan fingerprint density at radius 1 is 1.55 bits per heavy atom. The van der Waals surface area contributed by atoms with Crippen molar-refractivity contribution in [1.29, 1.82) is 0 Å². The number of rotatable bonds is 6. The average molecular weight is 300 g/mol. The lowest BCUT2D eigenvalue weighted by molar-refractivity contribution is -0.149. The first kappa shape index (κ1) is 15.1. The van der Waals surface area contributed by atoms with Crippen LogP contribution in [0.1, 0.15) is 18.4 Å². The van der Waals surface area contributed by atoms with Crippen molar-refractivity contribution in [3.63, 3.8) is 0 Å². The zero-order valence-corrected chi connectivity index (χ0v) is 12.0. The maximum absolute atomic E-state index is 10.8. The summed E-state index contributed by atoms with van der Waals surface area (Å²) in [6.45, 7) is 1.15. The summed E-state index contributed by atoms with van der Waals surface area (Å²) in [5.74, 6) is -0.152. The third-order valence-electron chi connectivity index (χ3n) is 3.35. The zero-order valence-electron chi connectivity index (χ0n) is 11.3. The van der Waals surface area contributed by atoms with E-state index < -0.39 is 12.1 Å². The van der Waals surface area contributed by atoms with Gasteiger partial charge in [0.15, 0.2) is 6.10 Å². The zero-order chi connectivity index (χ0) is 14.5. The van der Waals surface area contributed by atoms with Crippen LogP contribution < -0.4 is 10.1 Å². The highest BCUT2D eigenvalue weighted by molar-refractivity contribution is 6.31. The van der Waals surface area contributed by atoms with Gasteiger partial charge in [0.25, 0.3) is 0 Å². The highest BCUT2D eigenvalue weighted by Gasteiger charge is 2.30. The van der Waals surface area contributed by atoms with E-state index in [2.05, 4.69) is 5.32 Å². The van der Waals surface area contributed by atoms with E-state index >= 15 is 0 Å². The van der Waals surface area contributed by atoms with Gasteiger partial charge in [-0.3, -0.25) is 0 Å². The molecule has 0 bridgehead atoms. The van der Waals surface area contributed by atoms with E-state index in [-0.39, 0.29) is 6.10 Å². The van der Waals surface area contributed by atoms with Crippen LogP contribution in [-0.4, -0.2) is 36.9 Å². The Labute approximate surface area is 122 Å². The van der Waals surface area contributed by atoms with E-state index in [4.69, 9.17) is 26.2 Å². The summed E-state index contributed by atoms with van der Waals surface area (Å²) in [5, 5.41) is 12.7. The molecule has 1 heterocycles. The van der Waals surface area contributed by atoms with Crippen molar-refractivity contribution in [1.82, 2.24) is 5.32 Å². The fraction of sp³-hybridized carbons (Fsp3) is 0.500. The number of carboxylic acid groups (broad SMARTS) is 1. The smallest absolute Gasteiger partial charge is 0.332 e. The van der Waals surface area contributed by atoms with Crippen LogP contribution in [0.2, 0.25) is 5.02 Å². The molecule has 2 unspecified atom stereocenters. The van der Waals surface area contributed by atoms with Gasteiger partial charge in [-0.25, -0.2) is 4.79 Å². The minimum Gasteiger partial charge on any atom is -0.496 e. The van der Waals surface area contributed by atoms with Crippen LogP contribution in [0.5, 0.6) is 5.75 Å². The summed E-state index contributed by atoms with van der Waals surface area (Å²) in [6, 6.07) is 5.51. The number of benzene rings is 1. The predicted molar refractivity (Wildman–Crippen MR) is 75.2 cm³/mol. The lowest BCUT2D eigenvalue weighted by Crippen LogP contribution is -2.28. The van der Waals surface area contributed by atoms with Crippen molar-refractivity contribution in [3.05, 3.63) is 28.8 Å². The van der Waals surface area contributed by atoms with Crippen molar-refractivity contribution in [2.75, 3.05) is 13.7 Å². The summed E-state index contributed by atoms with van der Waals surface area (Å²) in [5.41, 5.74) is 0.893. The van der Waals surface area contributed by atoms with Gasteiger partial charge >= 0.3 is 5.97 Å². The number of hydrogen-bond acceptors (Lipinski definition) is 4. The van der Waals surface area contributed by atoms with Gasteiger partial charge in [-0.05, 0) is 25.0 Å². The van der Waals surface area contributed by atoms with E-state index in [1.54, 1.807) is 7.11 Å². The van der Waals surface area contributed by atoms with Crippen LogP contribution in [0.15, 0.2) is 18.2 Å². The first-order chi connectivity index (χ1) is 9.61. The summed E-state index contributed by atoms with van der Waals surface area (Å²) in [6.07, 6.45) is 0.585. The molecule has 1 aromatic rings. The predicted octanol–water partition coefficient (Wildman–Crippen LogP) is 2.07. The van der Waals surface area contributed by atoms with E-state index in [9.17, 15) is 4.79 Å². The molecule has 1 fully saturated rings. The summed E-state index contributed by atoms with van der Waals surface area (Å²) >= 11 is 6.14. The highest BCUT2D eigenvalue weighted by atomic mass is 35.5. The number of aliphatic carboxylic acids is 1. The van der Waals surface area contributed by atoms with Crippen LogP contribution >= 0.6 is 11.6 Å². The van der Waals surface area contributed by atoms with Crippen molar-refractivity contribution in [2.45, 2.75) is 31.6 Å². The van der Waals surface area contributed by atoms with Gasteiger partial charge in [-0.1, -0.05) is 17.7 Å². The second-order valence-electron chi connectivity index (χ2n) is 4.71. The lowest BCUT2D eigenvalue weighted by atomic mass is 10.1. The third-order valence-corrected chi connectivity index (χ3v) is 3.71. The Kier molecular flexibility index (Phi) is 5.23. The molecular formula is C14H18ClNO4. The molecule has 1 aromatic carbocycles. The molecule has 2 atom stereocenters. The Morgan fingerprint density at radius 2 is 2.35 bits per heavy atom. The maximum atomic E-state index is 10.8. The molecule has 0 amide bonds. The molecule has 0 radical (unpaired) electrons. The molecule has 110 valence electrons. The van der Waals surface area contributed by atoms with Gasteiger partial charge in [-0.2, -0.15) is 0 Å². The Morgan fingerprint density at radius 3 is 3.00 bits per heavy atom. The molecule has 2 N–H and O–H groups in total. The van der Waals surface area contributed by atoms with Crippen molar-refractivity contribution >= 4 is 17.6 Å². The van der Waals surface area contributed by atoms with Crippen molar-refractivity contribution in [3.8, 4) is 5.75 Å². The lowest BCUT2D eigenvalue weighted by Gasteiger charge is -2.14. The number of methoxy groups -OCH3 is 1. The summed E-state index contributed by atoms with van der Waals surface area (Å²) in [4.78, 5) is 10.8.